The van der Waals surface area contributed by atoms with Gasteiger partial charge in [-0.25, -0.2) is 0 Å². The molecule has 0 aliphatic heterocycles. The molecule has 0 heterocycles. The Hall–Kier alpha value is -2.62. The van der Waals surface area contributed by atoms with E-state index >= 15 is 0 Å². The molecule has 4 N–H and O–H groups in total. The summed E-state index contributed by atoms with van der Waals surface area (Å²) in [5.41, 5.74) is 15.0. The van der Waals surface area contributed by atoms with Crippen LogP contribution < -0.4 is 11.5 Å². The van der Waals surface area contributed by atoms with Gasteiger partial charge < -0.3 is 11.5 Å². The molecular formula is C16H16N2O2. The summed E-state index contributed by atoms with van der Waals surface area (Å²) >= 11 is 0. The zero-order valence-electron chi connectivity index (χ0n) is 11.4. The first-order chi connectivity index (χ1) is 9.41. The average molecular weight is 268 g/mol. The second kappa shape index (κ2) is 5.17. The van der Waals surface area contributed by atoms with E-state index in [1.54, 1.807) is 12.1 Å². The van der Waals surface area contributed by atoms with Crippen LogP contribution in [0, 0.1) is 13.8 Å². The molecule has 4 nitrogen and oxygen atoms in total. The van der Waals surface area contributed by atoms with E-state index in [1.165, 1.54) is 6.07 Å². The lowest BCUT2D eigenvalue weighted by atomic mass is 9.90. The van der Waals surface area contributed by atoms with Gasteiger partial charge in [-0.05, 0) is 54.3 Å². The molecule has 102 valence electrons. The second-order valence-corrected chi connectivity index (χ2v) is 4.76. The monoisotopic (exact) mass is 268 g/mol. The molecule has 0 aromatic heterocycles. The van der Waals surface area contributed by atoms with Crippen LogP contribution in [0.25, 0.3) is 11.1 Å². The van der Waals surface area contributed by atoms with Crippen molar-refractivity contribution in [3.8, 4) is 11.1 Å². The summed E-state index contributed by atoms with van der Waals surface area (Å²) in [7, 11) is 0. The first-order valence-corrected chi connectivity index (χ1v) is 6.22. The van der Waals surface area contributed by atoms with Crippen molar-refractivity contribution in [3.05, 3.63) is 58.7 Å². The van der Waals surface area contributed by atoms with Crippen LogP contribution in [-0.2, 0) is 0 Å². The molecule has 0 spiro atoms. The van der Waals surface area contributed by atoms with Crippen molar-refractivity contribution in [1.82, 2.24) is 0 Å². The molecule has 0 aliphatic carbocycles. The van der Waals surface area contributed by atoms with E-state index in [0.29, 0.717) is 16.7 Å². The van der Waals surface area contributed by atoms with Gasteiger partial charge in [-0.15, -0.1) is 0 Å². The Morgan fingerprint density at radius 3 is 2.00 bits per heavy atom. The van der Waals surface area contributed by atoms with Crippen LogP contribution in [0.15, 0.2) is 36.4 Å². The molecule has 2 rings (SSSR count). The Balaban J connectivity index is 2.79. The van der Waals surface area contributed by atoms with Crippen molar-refractivity contribution in [2.24, 2.45) is 11.5 Å². The van der Waals surface area contributed by atoms with E-state index in [9.17, 15) is 9.59 Å². The van der Waals surface area contributed by atoms with Gasteiger partial charge in [0, 0.05) is 11.1 Å². The molecule has 2 amide bonds. The maximum atomic E-state index is 11.6. The van der Waals surface area contributed by atoms with Crippen LogP contribution >= 0.6 is 0 Å². The molecule has 0 radical (unpaired) electrons. The van der Waals surface area contributed by atoms with Crippen LogP contribution in [-0.4, -0.2) is 11.8 Å². The fraction of sp³-hybridized carbons (Fsp3) is 0.125. The third-order valence-corrected chi connectivity index (χ3v) is 3.32. The molecule has 2 aromatic carbocycles. The van der Waals surface area contributed by atoms with Gasteiger partial charge in [-0.3, -0.25) is 9.59 Å². The smallest absolute Gasteiger partial charge is 0.249 e. The van der Waals surface area contributed by atoms with Crippen LogP contribution in [0.4, 0.5) is 0 Å². The predicted octanol–water partition coefficient (Wildman–Crippen LogP) is 2.17. The van der Waals surface area contributed by atoms with Crippen molar-refractivity contribution >= 4 is 11.8 Å². The molecule has 0 aliphatic rings. The van der Waals surface area contributed by atoms with Crippen LogP contribution in [0.3, 0.4) is 0 Å². The summed E-state index contributed by atoms with van der Waals surface area (Å²) in [4.78, 5) is 22.9. The molecule has 0 bridgehead atoms. The number of hydrogen-bond acceptors (Lipinski definition) is 2. The van der Waals surface area contributed by atoms with Gasteiger partial charge in [0.15, 0.2) is 0 Å². The average Bonchev–Trinajstić information content (AvgIpc) is 2.38. The number of rotatable bonds is 3. The Bertz CT molecular complexity index is 685. The minimum absolute atomic E-state index is 0.354. The summed E-state index contributed by atoms with van der Waals surface area (Å²) in [5, 5.41) is 0. The number of aryl methyl sites for hydroxylation is 2. The molecule has 20 heavy (non-hydrogen) atoms. The summed E-state index contributed by atoms with van der Waals surface area (Å²) in [6, 6.07) is 10.5. The van der Waals surface area contributed by atoms with Crippen LogP contribution in [0.1, 0.15) is 31.8 Å². The molecule has 0 saturated carbocycles. The Morgan fingerprint density at radius 2 is 1.50 bits per heavy atom. The predicted molar refractivity (Wildman–Crippen MR) is 78.4 cm³/mol. The van der Waals surface area contributed by atoms with Gasteiger partial charge in [-0.1, -0.05) is 18.2 Å². The largest absolute Gasteiger partial charge is 0.366 e. The maximum Gasteiger partial charge on any atom is 0.249 e. The number of carbonyl (C=O) groups excluding carboxylic acids is 2. The zero-order valence-corrected chi connectivity index (χ0v) is 11.4. The Labute approximate surface area is 117 Å². The summed E-state index contributed by atoms with van der Waals surface area (Å²) < 4.78 is 0. The molecule has 0 saturated heterocycles. The maximum absolute atomic E-state index is 11.6. The highest BCUT2D eigenvalue weighted by atomic mass is 16.1. The third-order valence-electron chi connectivity index (χ3n) is 3.32. The highest BCUT2D eigenvalue weighted by Crippen LogP contribution is 2.30. The standard InChI is InChI=1S/C16H16N2O2/c1-9-4-3-5-10(2)14(9)13-8-11(15(17)19)6-7-12(13)16(18)20/h3-8H,1-2H3,(H2,17,19)(H2,18,20). The number of nitrogens with two attached hydrogens (primary N) is 2. The van der Waals surface area contributed by atoms with Gasteiger partial charge in [0.2, 0.25) is 11.8 Å². The summed E-state index contributed by atoms with van der Waals surface area (Å²) in [6.45, 7) is 3.90. The fourth-order valence-electron chi connectivity index (χ4n) is 2.36. The quantitative estimate of drug-likeness (QED) is 0.893. The lowest BCUT2D eigenvalue weighted by Crippen LogP contribution is -2.15. The molecular weight excluding hydrogens is 252 g/mol. The lowest BCUT2D eigenvalue weighted by Gasteiger charge is -2.14. The van der Waals surface area contributed by atoms with Crippen LogP contribution in [0.5, 0.6) is 0 Å². The van der Waals surface area contributed by atoms with Gasteiger partial charge in [-0.2, -0.15) is 0 Å². The van der Waals surface area contributed by atoms with E-state index in [-0.39, 0.29) is 0 Å². The first kappa shape index (κ1) is 13.8. The minimum Gasteiger partial charge on any atom is -0.366 e. The molecule has 0 fully saturated rings. The zero-order chi connectivity index (χ0) is 14.9. The lowest BCUT2D eigenvalue weighted by molar-refractivity contribution is 0.0989. The van der Waals surface area contributed by atoms with Crippen molar-refractivity contribution in [3.63, 3.8) is 0 Å². The van der Waals surface area contributed by atoms with Crippen LogP contribution in [0.2, 0.25) is 0 Å². The number of primary amides is 2. The highest BCUT2D eigenvalue weighted by molar-refractivity contribution is 6.03. The Morgan fingerprint density at radius 1 is 0.900 bits per heavy atom. The minimum atomic E-state index is -0.534. The number of carbonyl (C=O) groups is 2. The molecule has 0 unspecified atom stereocenters. The van der Waals surface area contributed by atoms with E-state index in [1.807, 2.05) is 32.0 Å². The molecule has 2 aromatic rings. The second-order valence-electron chi connectivity index (χ2n) is 4.76. The summed E-state index contributed by atoms with van der Waals surface area (Å²) in [6.07, 6.45) is 0. The van der Waals surface area contributed by atoms with Gasteiger partial charge in [0.05, 0.1) is 0 Å². The highest BCUT2D eigenvalue weighted by Gasteiger charge is 2.15. The van der Waals surface area contributed by atoms with E-state index in [2.05, 4.69) is 0 Å². The molecule has 4 heteroatoms. The van der Waals surface area contributed by atoms with Crippen molar-refractivity contribution in [2.75, 3.05) is 0 Å². The Kier molecular flexibility index (Phi) is 3.57. The van der Waals surface area contributed by atoms with E-state index < -0.39 is 11.8 Å². The van der Waals surface area contributed by atoms with Crippen molar-refractivity contribution < 1.29 is 9.59 Å². The normalized spacial score (nSPS) is 10.3. The number of amides is 2. The first-order valence-electron chi connectivity index (χ1n) is 6.22. The van der Waals surface area contributed by atoms with Crippen molar-refractivity contribution in [2.45, 2.75) is 13.8 Å². The van der Waals surface area contributed by atoms with Gasteiger partial charge in [0.25, 0.3) is 0 Å². The van der Waals surface area contributed by atoms with Crippen molar-refractivity contribution in [1.29, 1.82) is 0 Å². The summed E-state index contributed by atoms with van der Waals surface area (Å²) in [5.74, 6) is -1.06. The van der Waals surface area contributed by atoms with Gasteiger partial charge >= 0.3 is 0 Å². The topological polar surface area (TPSA) is 86.2 Å². The SMILES string of the molecule is Cc1cccc(C)c1-c1cc(C(N)=O)ccc1C(N)=O. The van der Waals surface area contributed by atoms with E-state index in [0.717, 1.165) is 16.7 Å². The number of benzene rings is 2. The van der Waals surface area contributed by atoms with Gasteiger partial charge in [0.1, 0.15) is 0 Å². The van der Waals surface area contributed by atoms with E-state index in [4.69, 9.17) is 11.5 Å². The third kappa shape index (κ3) is 2.40. The number of hydrogen-bond donors (Lipinski definition) is 2. The molecule has 0 atom stereocenters. The fourth-order valence-corrected chi connectivity index (χ4v) is 2.36.